The normalized spacial score (nSPS) is 12.2. The Hall–Kier alpha value is -3.76. The van der Waals surface area contributed by atoms with Gasteiger partial charge >= 0.3 is 6.18 Å². The predicted molar refractivity (Wildman–Crippen MR) is 140 cm³/mol. The molecule has 0 atom stereocenters. The minimum atomic E-state index is -4.61. The summed E-state index contributed by atoms with van der Waals surface area (Å²) >= 11 is 1.59. The molecule has 4 N–H and O–H groups in total. The van der Waals surface area contributed by atoms with Gasteiger partial charge in [0.05, 0.1) is 17.1 Å². The summed E-state index contributed by atoms with van der Waals surface area (Å²) in [5, 5.41) is 1.29. The zero-order valence-electron chi connectivity index (χ0n) is 20.3. The van der Waals surface area contributed by atoms with Crippen molar-refractivity contribution >= 4 is 23.1 Å². The second kappa shape index (κ2) is 10.3. The van der Waals surface area contributed by atoms with Gasteiger partial charge in [-0.05, 0) is 79.3 Å². The molecule has 4 rings (SSSR count). The van der Waals surface area contributed by atoms with Crippen LogP contribution in [-0.4, -0.2) is 15.8 Å². The summed E-state index contributed by atoms with van der Waals surface area (Å²) in [6, 6.07) is 17.6. The number of imidazole rings is 1. The molecule has 1 heterocycles. The SMILES string of the molecule is CSc1cccc(-c2ccc(-n3cc(C(F)(F)F)nc3C)c(N(N)/C(=C\N)c3ccc(F)c(C)c3)c2)c1. The summed E-state index contributed by atoms with van der Waals surface area (Å²) in [4.78, 5) is 4.75. The van der Waals surface area contributed by atoms with Crippen molar-refractivity contribution in [3.05, 3.63) is 102 Å². The quantitative estimate of drug-likeness (QED) is 0.127. The summed E-state index contributed by atoms with van der Waals surface area (Å²) in [6.45, 7) is 3.10. The third-order valence-corrected chi connectivity index (χ3v) is 6.67. The molecule has 0 saturated carbocycles. The van der Waals surface area contributed by atoms with Crippen molar-refractivity contribution < 1.29 is 17.6 Å². The van der Waals surface area contributed by atoms with E-state index >= 15 is 0 Å². The Kier molecular flexibility index (Phi) is 7.33. The lowest BCUT2D eigenvalue weighted by Crippen LogP contribution is -2.31. The van der Waals surface area contributed by atoms with Crippen LogP contribution in [0.2, 0.25) is 0 Å². The monoisotopic (exact) mass is 527 g/mol. The van der Waals surface area contributed by atoms with Crippen LogP contribution in [0.15, 0.2) is 78.0 Å². The molecule has 0 bridgehead atoms. The zero-order valence-corrected chi connectivity index (χ0v) is 21.2. The minimum Gasteiger partial charge on any atom is -0.403 e. The van der Waals surface area contributed by atoms with Gasteiger partial charge in [-0.15, -0.1) is 11.8 Å². The number of nitrogens with two attached hydrogens (primary N) is 2. The van der Waals surface area contributed by atoms with E-state index in [4.69, 9.17) is 11.6 Å². The Balaban J connectivity index is 1.91. The van der Waals surface area contributed by atoms with E-state index in [0.717, 1.165) is 22.2 Å². The van der Waals surface area contributed by atoms with Gasteiger partial charge in [-0.3, -0.25) is 5.01 Å². The first kappa shape index (κ1) is 26.3. The van der Waals surface area contributed by atoms with Crippen molar-refractivity contribution in [2.24, 2.45) is 11.6 Å². The molecular formula is C27H25F4N5S. The standard InChI is InChI=1S/C27H25F4N5S/c1-16-11-20(7-9-22(16)28)25(14-32)36(33)24-13-19(18-5-4-6-21(12-18)37-3)8-10-23(24)35-15-26(27(29,30)31)34-17(35)2/h4-15H,32-33H2,1-3H3/b25-14-. The van der Waals surface area contributed by atoms with Gasteiger partial charge in [0.1, 0.15) is 11.6 Å². The summed E-state index contributed by atoms with van der Waals surface area (Å²) in [7, 11) is 0. The molecule has 4 aromatic rings. The lowest BCUT2D eigenvalue weighted by Gasteiger charge is -2.26. The van der Waals surface area contributed by atoms with E-state index < -0.39 is 11.9 Å². The number of aryl methyl sites for hydroxylation is 2. The third kappa shape index (κ3) is 5.35. The number of benzene rings is 3. The molecule has 3 aromatic carbocycles. The van der Waals surface area contributed by atoms with Crippen LogP contribution in [0.4, 0.5) is 23.2 Å². The molecule has 0 aliphatic heterocycles. The first-order chi connectivity index (χ1) is 17.5. The van der Waals surface area contributed by atoms with E-state index in [-0.39, 0.29) is 11.6 Å². The zero-order chi connectivity index (χ0) is 26.9. The largest absolute Gasteiger partial charge is 0.434 e. The molecule has 0 radical (unpaired) electrons. The molecule has 0 unspecified atom stereocenters. The fourth-order valence-corrected chi connectivity index (χ4v) is 4.46. The van der Waals surface area contributed by atoms with Gasteiger partial charge in [0, 0.05) is 22.9 Å². The highest BCUT2D eigenvalue weighted by Gasteiger charge is 2.34. The second-order valence-corrected chi connectivity index (χ2v) is 9.24. The van der Waals surface area contributed by atoms with Crippen LogP contribution in [0.25, 0.3) is 22.5 Å². The van der Waals surface area contributed by atoms with Gasteiger partial charge in [-0.25, -0.2) is 15.2 Å². The van der Waals surface area contributed by atoms with Crippen LogP contribution in [0, 0.1) is 19.7 Å². The first-order valence-corrected chi connectivity index (χ1v) is 12.4. The van der Waals surface area contributed by atoms with Crippen molar-refractivity contribution in [1.82, 2.24) is 9.55 Å². The highest BCUT2D eigenvalue weighted by atomic mass is 32.2. The molecule has 10 heteroatoms. The number of alkyl halides is 3. The number of thioether (sulfide) groups is 1. The maximum atomic E-state index is 13.9. The number of rotatable bonds is 6. The Labute approximate surface area is 216 Å². The van der Waals surface area contributed by atoms with Crippen molar-refractivity contribution in [3.8, 4) is 16.8 Å². The lowest BCUT2D eigenvalue weighted by atomic mass is 10.0. The van der Waals surface area contributed by atoms with Gasteiger partial charge < -0.3 is 10.3 Å². The number of hydrazine groups is 1. The molecule has 0 fully saturated rings. The number of nitrogens with zero attached hydrogens (tertiary/aromatic N) is 3. The lowest BCUT2D eigenvalue weighted by molar-refractivity contribution is -0.141. The Morgan fingerprint density at radius 1 is 1.03 bits per heavy atom. The maximum absolute atomic E-state index is 13.9. The van der Waals surface area contributed by atoms with Gasteiger partial charge in [0.15, 0.2) is 5.69 Å². The molecule has 0 amide bonds. The molecule has 192 valence electrons. The maximum Gasteiger partial charge on any atom is 0.434 e. The molecule has 5 nitrogen and oxygen atoms in total. The fourth-order valence-electron chi connectivity index (χ4n) is 4.00. The third-order valence-electron chi connectivity index (χ3n) is 5.94. The topological polar surface area (TPSA) is 73.1 Å². The minimum absolute atomic E-state index is 0.134. The van der Waals surface area contributed by atoms with Crippen LogP contribution >= 0.6 is 11.8 Å². The Bertz CT molecular complexity index is 1480. The van der Waals surface area contributed by atoms with Crippen molar-refractivity contribution in [3.63, 3.8) is 0 Å². The summed E-state index contributed by atoms with van der Waals surface area (Å²) in [5.41, 5.74) is 8.66. The van der Waals surface area contributed by atoms with Gasteiger partial charge in [0.2, 0.25) is 0 Å². The second-order valence-electron chi connectivity index (χ2n) is 8.36. The van der Waals surface area contributed by atoms with Gasteiger partial charge in [-0.2, -0.15) is 13.2 Å². The van der Waals surface area contributed by atoms with E-state index in [9.17, 15) is 17.6 Å². The van der Waals surface area contributed by atoms with Crippen LogP contribution < -0.4 is 16.6 Å². The van der Waals surface area contributed by atoms with Gasteiger partial charge in [-0.1, -0.05) is 18.2 Å². The molecule has 37 heavy (non-hydrogen) atoms. The van der Waals surface area contributed by atoms with E-state index in [1.165, 1.54) is 34.8 Å². The number of aromatic nitrogens is 2. The van der Waals surface area contributed by atoms with Crippen molar-refractivity contribution in [2.75, 3.05) is 11.3 Å². The number of halogens is 4. The summed E-state index contributed by atoms with van der Waals surface area (Å²) < 4.78 is 55.5. The molecule has 0 aliphatic rings. The highest BCUT2D eigenvalue weighted by molar-refractivity contribution is 7.98. The smallest absolute Gasteiger partial charge is 0.403 e. The first-order valence-electron chi connectivity index (χ1n) is 11.2. The predicted octanol–water partition coefficient (Wildman–Crippen LogP) is 6.67. The van der Waals surface area contributed by atoms with Crippen molar-refractivity contribution in [2.45, 2.75) is 24.9 Å². The Morgan fingerprint density at radius 3 is 2.38 bits per heavy atom. The number of hydrogen-bond acceptors (Lipinski definition) is 5. The van der Waals surface area contributed by atoms with E-state index in [2.05, 4.69) is 4.98 Å². The summed E-state index contributed by atoms with van der Waals surface area (Å²) in [5.74, 6) is 6.34. The molecular weight excluding hydrogens is 502 g/mol. The van der Waals surface area contributed by atoms with Crippen molar-refractivity contribution in [1.29, 1.82) is 0 Å². The van der Waals surface area contributed by atoms with E-state index in [0.29, 0.717) is 28.2 Å². The number of hydrogen-bond donors (Lipinski definition) is 2. The summed E-state index contributed by atoms with van der Waals surface area (Å²) in [6.07, 6.45) is -0.424. The van der Waals surface area contributed by atoms with Crippen LogP contribution in [0.3, 0.4) is 0 Å². The molecule has 1 aromatic heterocycles. The Morgan fingerprint density at radius 2 is 1.76 bits per heavy atom. The molecule has 0 spiro atoms. The van der Waals surface area contributed by atoms with Crippen LogP contribution in [0.1, 0.15) is 22.6 Å². The molecule has 0 saturated heterocycles. The average Bonchev–Trinajstić information content (AvgIpc) is 3.28. The average molecular weight is 528 g/mol. The van der Waals surface area contributed by atoms with E-state index in [1.54, 1.807) is 36.9 Å². The van der Waals surface area contributed by atoms with Crippen LogP contribution in [-0.2, 0) is 6.18 Å². The van der Waals surface area contributed by atoms with Crippen LogP contribution in [0.5, 0.6) is 0 Å². The number of anilines is 1. The fraction of sp³-hybridized carbons (Fsp3) is 0.148. The molecule has 0 aliphatic carbocycles. The highest BCUT2D eigenvalue weighted by Crippen LogP contribution is 2.36. The van der Waals surface area contributed by atoms with Gasteiger partial charge in [0.25, 0.3) is 0 Å². The van der Waals surface area contributed by atoms with E-state index in [1.807, 2.05) is 36.6 Å².